The molecule has 0 atom stereocenters. The highest BCUT2D eigenvalue weighted by molar-refractivity contribution is 5.69. The van der Waals surface area contributed by atoms with E-state index in [-0.39, 0.29) is 0 Å². The lowest BCUT2D eigenvalue weighted by Gasteiger charge is -2.09. The van der Waals surface area contributed by atoms with Gasteiger partial charge in [0.25, 0.3) is 0 Å². The van der Waals surface area contributed by atoms with Crippen LogP contribution in [0.2, 0.25) is 0 Å². The maximum atomic E-state index is 9.01. The van der Waals surface area contributed by atoms with Gasteiger partial charge in [-0.15, -0.1) is 0 Å². The van der Waals surface area contributed by atoms with Crippen LogP contribution < -0.4 is 10.1 Å². The van der Waals surface area contributed by atoms with Gasteiger partial charge in [0.2, 0.25) is 5.95 Å². The first kappa shape index (κ1) is 13.8. The number of nitrogens with zero attached hydrogens (tertiary/aromatic N) is 3. The zero-order valence-corrected chi connectivity index (χ0v) is 11.6. The third kappa shape index (κ3) is 3.04. The highest BCUT2D eigenvalue weighted by Crippen LogP contribution is 2.29. The molecule has 0 aliphatic heterocycles. The van der Waals surface area contributed by atoms with Crippen LogP contribution in [0, 0.1) is 11.3 Å². The Morgan fingerprint density at radius 3 is 2.90 bits per heavy atom. The van der Waals surface area contributed by atoms with Crippen molar-refractivity contribution in [3.8, 4) is 23.1 Å². The number of methoxy groups -OCH3 is 1. The SMILES string of the molecule is CCCNc1nccc(-c2cc(C#N)ccc2OC)n1. The van der Waals surface area contributed by atoms with Gasteiger partial charge >= 0.3 is 0 Å². The maximum absolute atomic E-state index is 9.01. The lowest BCUT2D eigenvalue weighted by Crippen LogP contribution is -2.04. The fourth-order valence-corrected chi connectivity index (χ4v) is 1.81. The molecule has 1 heterocycles. The average molecular weight is 268 g/mol. The van der Waals surface area contributed by atoms with Crippen molar-refractivity contribution >= 4 is 5.95 Å². The number of hydrogen-bond donors (Lipinski definition) is 1. The van der Waals surface area contributed by atoms with Gasteiger partial charge in [-0.05, 0) is 30.7 Å². The Hall–Kier alpha value is -2.61. The molecule has 0 aliphatic rings. The zero-order valence-electron chi connectivity index (χ0n) is 11.6. The van der Waals surface area contributed by atoms with Gasteiger partial charge in [0.15, 0.2) is 0 Å². The standard InChI is InChI=1S/C15H16N4O/c1-3-7-17-15-18-8-6-13(19-15)12-9-11(10-16)4-5-14(12)20-2/h4-6,8-9H,3,7H2,1-2H3,(H,17,18,19). The van der Waals surface area contributed by atoms with Crippen LogP contribution in [0.4, 0.5) is 5.95 Å². The van der Waals surface area contributed by atoms with Gasteiger partial charge in [0, 0.05) is 18.3 Å². The summed E-state index contributed by atoms with van der Waals surface area (Å²) in [6.45, 7) is 2.90. The maximum Gasteiger partial charge on any atom is 0.223 e. The first-order chi connectivity index (χ1) is 9.78. The fraction of sp³-hybridized carbons (Fsp3) is 0.267. The van der Waals surface area contributed by atoms with E-state index in [0.717, 1.165) is 24.2 Å². The van der Waals surface area contributed by atoms with Gasteiger partial charge in [-0.25, -0.2) is 9.97 Å². The smallest absolute Gasteiger partial charge is 0.223 e. The van der Waals surface area contributed by atoms with Crippen molar-refractivity contribution in [2.45, 2.75) is 13.3 Å². The van der Waals surface area contributed by atoms with Crippen LogP contribution in [-0.2, 0) is 0 Å². The summed E-state index contributed by atoms with van der Waals surface area (Å²) in [6.07, 6.45) is 2.69. The van der Waals surface area contributed by atoms with Gasteiger partial charge in [-0.3, -0.25) is 0 Å². The summed E-state index contributed by atoms with van der Waals surface area (Å²) in [7, 11) is 1.60. The second kappa shape index (κ2) is 6.53. The van der Waals surface area contributed by atoms with E-state index in [9.17, 15) is 0 Å². The highest BCUT2D eigenvalue weighted by atomic mass is 16.5. The number of nitriles is 1. The van der Waals surface area contributed by atoms with E-state index < -0.39 is 0 Å². The van der Waals surface area contributed by atoms with Crippen molar-refractivity contribution in [1.29, 1.82) is 5.26 Å². The monoisotopic (exact) mass is 268 g/mol. The molecule has 0 spiro atoms. The average Bonchev–Trinajstić information content (AvgIpc) is 2.52. The second-order valence-electron chi connectivity index (χ2n) is 4.22. The number of nitrogens with one attached hydrogen (secondary N) is 1. The Kier molecular flexibility index (Phi) is 4.51. The van der Waals surface area contributed by atoms with Gasteiger partial charge in [-0.1, -0.05) is 6.92 Å². The van der Waals surface area contributed by atoms with Crippen LogP contribution in [0.25, 0.3) is 11.3 Å². The van der Waals surface area contributed by atoms with E-state index in [1.165, 1.54) is 0 Å². The predicted octanol–water partition coefficient (Wildman–Crippen LogP) is 2.85. The van der Waals surface area contributed by atoms with E-state index in [2.05, 4.69) is 28.3 Å². The van der Waals surface area contributed by atoms with Crippen molar-refractivity contribution in [3.63, 3.8) is 0 Å². The van der Waals surface area contributed by atoms with E-state index in [1.54, 1.807) is 37.6 Å². The zero-order chi connectivity index (χ0) is 14.4. The van der Waals surface area contributed by atoms with Crippen molar-refractivity contribution in [1.82, 2.24) is 9.97 Å². The Labute approximate surface area is 118 Å². The predicted molar refractivity (Wildman–Crippen MR) is 77.5 cm³/mol. The topological polar surface area (TPSA) is 70.8 Å². The van der Waals surface area contributed by atoms with Crippen LogP contribution in [0.3, 0.4) is 0 Å². The molecule has 1 aromatic carbocycles. The summed E-state index contributed by atoms with van der Waals surface area (Å²) in [5.41, 5.74) is 2.09. The van der Waals surface area contributed by atoms with Crippen molar-refractivity contribution < 1.29 is 4.74 Å². The molecule has 0 radical (unpaired) electrons. The number of aromatic nitrogens is 2. The number of anilines is 1. The Bertz CT molecular complexity index is 634. The third-order valence-electron chi connectivity index (χ3n) is 2.79. The quantitative estimate of drug-likeness (QED) is 0.902. The molecule has 0 saturated heterocycles. The minimum absolute atomic E-state index is 0.572. The molecule has 20 heavy (non-hydrogen) atoms. The van der Waals surface area contributed by atoms with Crippen molar-refractivity contribution in [2.75, 3.05) is 19.0 Å². The largest absolute Gasteiger partial charge is 0.496 e. The normalized spacial score (nSPS) is 9.85. The summed E-state index contributed by atoms with van der Waals surface area (Å²) in [5, 5.41) is 12.1. The van der Waals surface area contributed by atoms with Crippen molar-refractivity contribution in [2.24, 2.45) is 0 Å². The van der Waals surface area contributed by atoms with Crippen LogP contribution >= 0.6 is 0 Å². The van der Waals surface area contributed by atoms with E-state index in [4.69, 9.17) is 10.00 Å². The van der Waals surface area contributed by atoms with Crippen LogP contribution in [0.5, 0.6) is 5.75 Å². The van der Waals surface area contributed by atoms with Gasteiger partial charge in [0.1, 0.15) is 5.75 Å². The molecule has 0 saturated carbocycles. The summed E-state index contributed by atoms with van der Waals surface area (Å²) in [4.78, 5) is 8.63. The molecule has 5 heteroatoms. The number of hydrogen-bond acceptors (Lipinski definition) is 5. The molecule has 0 fully saturated rings. The highest BCUT2D eigenvalue weighted by Gasteiger charge is 2.09. The molecule has 102 valence electrons. The van der Waals surface area contributed by atoms with Crippen LogP contribution in [0.1, 0.15) is 18.9 Å². The first-order valence-corrected chi connectivity index (χ1v) is 6.44. The van der Waals surface area contributed by atoms with Gasteiger partial charge in [-0.2, -0.15) is 5.26 Å². The molecule has 0 amide bonds. The molecule has 2 aromatic rings. The van der Waals surface area contributed by atoms with Crippen molar-refractivity contribution in [3.05, 3.63) is 36.0 Å². The van der Waals surface area contributed by atoms with Crippen LogP contribution in [-0.4, -0.2) is 23.6 Å². The Balaban J connectivity index is 2.42. The lowest BCUT2D eigenvalue weighted by molar-refractivity contribution is 0.416. The lowest BCUT2D eigenvalue weighted by atomic mass is 10.1. The number of rotatable bonds is 5. The molecular weight excluding hydrogens is 252 g/mol. The fourth-order valence-electron chi connectivity index (χ4n) is 1.81. The summed E-state index contributed by atoms with van der Waals surface area (Å²) in [5.74, 6) is 1.26. The second-order valence-corrected chi connectivity index (χ2v) is 4.22. The van der Waals surface area contributed by atoms with E-state index in [1.807, 2.05) is 0 Å². The Morgan fingerprint density at radius 1 is 1.35 bits per heavy atom. The minimum Gasteiger partial charge on any atom is -0.496 e. The molecule has 0 aliphatic carbocycles. The van der Waals surface area contributed by atoms with Gasteiger partial charge < -0.3 is 10.1 Å². The molecule has 1 N–H and O–H groups in total. The van der Waals surface area contributed by atoms with E-state index >= 15 is 0 Å². The Morgan fingerprint density at radius 2 is 2.20 bits per heavy atom. The van der Waals surface area contributed by atoms with Gasteiger partial charge in [0.05, 0.1) is 24.4 Å². The van der Waals surface area contributed by atoms with Crippen LogP contribution in [0.15, 0.2) is 30.5 Å². The molecule has 0 bridgehead atoms. The third-order valence-corrected chi connectivity index (χ3v) is 2.79. The summed E-state index contributed by atoms with van der Waals surface area (Å²) < 4.78 is 5.33. The number of benzene rings is 1. The first-order valence-electron chi connectivity index (χ1n) is 6.44. The summed E-state index contributed by atoms with van der Waals surface area (Å²) in [6, 6.07) is 9.19. The number of ether oxygens (including phenoxy) is 1. The minimum atomic E-state index is 0.572. The van der Waals surface area contributed by atoms with E-state index in [0.29, 0.717) is 17.3 Å². The molecular formula is C15H16N4O. The molecule has 5 nitrogen and oxygen atoms in total. The summed E-state index contributed by atoms with van der Waals surface area (Å²) >= 11 is 0. The molecule has 0 unspecified atom stereocenters. The molecule has 2 rings (SSSR count). The molecule has 1 aromatic heterocycles.